The summed E-state index contributed by atoms with van der Waals surface area (Å²) in [7, 11) is 0. The number of hydrogen-bond acceptors (Lipinski definition) is 3. The molecular formula is C23H32O3. The fraction of sp³-hybridized carbons (Fsp3) is 0.739. The molecule has 0 heterocycles. The van der Waals surface area contributed by atoms with Gasteiger partial charge >= 0.3 is 5.97 Å². The van der Waals surface area contributed by atoms with Gasteiger partial charge < -0.3 is 4.74 Å². The Labute approximate surface area is 157 Å². The predicted octanol–water partition coefficient (Wildman–Crippen LogP) is 4.86. The SMILES string of the molecule is CC(=O)O[C@H](C)[C@@H]1CC[C@@H]2[C@H]3CCC4=CC(=O)C=C[C@]4(C)[C@@H]3CC[C@]21C. The average Bonchev–Trinajstić information content (AvgIpc) is 2.92. The van der Waals surface area contributed by atoms with E-state index in [1.165, 1.54) is 44.6 Å². The molecule has 4 aliphatic carbocycles. The smallest absolute Gasteiger partial charge is 0.302 e. The first-order valence-electron chi connectivity index (χ1n) is 10.4. The van der Waals surface area contributed by atoms with Crippen LogP contribution in [0.3, 0.4) is 0 Å². The molecule has 0 unspecified atom stereocenters. The molecule has 0 saturated heterocycles. The highest BCUT2D eigenvalue weighted by Gasteiger charge is 2.59. The van der Waals surface area contributed by atoms with Crippen LogP contribution in [0.1, 0.15) is 66.2 Å². The molecular weight excluding hydrogens is 324 g/mol. The lowest BCUT2D eigenvalue weighted by Gasteiger charge is -2.57. The highest BCUT2D eigenvalue weighted by atomic mass is 16.5. The van der Waals surface area contributed by atoms with Crippen molar-refractivity contribution in [3.63, 3.8) is 0 Å². The fourth-order valence-corrected chi connectivity index (χ4v) is 7.35. The Kier molecular flexibility index (Phi) is 4.20. The van der Waals surface area contributed by atoms with Gasteiger partial charge in [0.05, 0.1) is 0 Å². The third-order valence-electron chi connectivity index (χ3n) is 8.55. The zero-order valence-electron chi connectivity index (χ0n) is 16.6. The summed E-state index contributed by atoms with van der Waals surface area (Å²) in [6, 6.07) is 0. The third kappa shape index (κ3) is 2.53. The van der Waals surface area contributed by atoms with Gasteiger partial charge in [-0.15, -0.1) is 0 Å². The van der Waals surface area contributed by atoms with E-state index in [2.05, 4.69) is 26.8 Å². The highest BCUT2D eigenvalue weighted by molar-refractivity contribution is 6.01. The fourth-order valence-electron chi connectivity index (χ4n) is 7.35. The third-order valence-corrected chi connectivity index (χ3v) is 8.55. The van der Waals surface area contributed by atoms with Crippen LogP contribution < -0.4 is 0 Å². The van der Waals surface area contributed by atoms with Crippen LogP contribution in [-0.2, 0) is 14.3 Å². The largest absolute Gasteiger partial charge is 0.463 e. The number of hydrogen-bond donors (Lipinski definition) is 0. The standard InChI is InChI=1S/C23H32O3/c1-14(26-15(2)24)19-7-8-20-18-6-5-16-13-17(25)9-11-22(16,3)21(18)10-12-23(19,20)4/h9,11,13-14,18-21H,5-8,10,12H2,1-4H3/t14-,18-,19+,20-,21-,22+,23+/m1/s1. The maximum Gasteiger partial charge on any atom is 0.302 e. The number of fused-ring (bicyclic) bond motifs is 5. The van der Waals surface area contributed by atoms with E-state index in [0.717, 1.165) is 12.3 Å². The minimum Gasteiger partial charge on any atom is -0.463 e. The first kappa shape index (κ1) is 18.0. The molecule has 0 N–H and O–H groups in total. The van der Waals surface area contributed by atoms with E-state index in [-0.39, 0.29) is 28.7 Å². The zero-order valence-corrected chi connectivity index (χ0v) is 16.6. The second-order valence-corrected chi connectivity index (χ2v) is 9.65. The van der Waals surface area contributed by atoms with E-state index in [1.54, 1.807) is 6.08 Å². The Balaban J connectivity index is 1.60. The van der Waals surface area contributed by atoms with Crippen LogP contribution in [0.5, 0.6) is 0 Å². The maximum atomic E-state index is 11.9. The van der Waals surface area contributed by atoms with E-state index in [4.69, 9.17) is 4.74 Å². The molecule has 0 spiro atoms. The molecule has 0 bridgehead atoms. The second kappa shape index (κ2) is 6.07. The minimum absolute atomic E-state index is 0.0147. The van der Waals surface area contributed by atoms with Crippen LogP contribution >= 0.6 is 0 Å². The van der Waals surface area contributed by atoms with E-state index < -0.39 is 0 Å². The molecule has 7 atom stereocenters. The van der Waals surface area contributed by atoms with Crippen molar-refractivity contribution < 1.29 is 14.3 Å². The monoisotopic (exact) mass is 356 g/mol. The van der Waals surface area contributed by atoms with Crippen LogP contribution in [0, 0.1) is 34.5 Å². The lowest BCUT2D eigenvalue weighted by molar-refractivity contribution is -0.152. The number of rotatable bonds is 2. The van der Waals surface area contributed by atoms with Crippen molar-refractivity contribution in [1.82, 2.24) is 0 Å². The molecule has 26 heavy (non-hydrogen) atoms. The summed E-state index contributed by atoms with van der Waals surface area (Å²) < 4.78 is 5.61. The number of carbonyl (C=O) groups excluding carboxylic acids is 2. The van der Waals surface area contributed by atoms with Gasteiger partial charge in [-0.25, -0.2) is 0 Å². The predicted molar refractivity (Wildman–Crippen MR) is 101 cm³/mol. The van der Waals surface area contributed by atoms with Gasteiger partial charge in [0.2, 0.25) is 0 Å². The van der Waals surface area contributed by atoms with Crippen molar-refractivity contribution >= 4 is 11.8 Å². The van der Waals surface area contributed by atoms with Gasteiger partial charge in [-0.05, 0) is 80.8 Å². The van der Waals surface area contributed by atoms with E-state index in [9.17, 15) is 9.59 Å². The average molecular weight is 357 g/mol. The number of ketones is 1. The van der Waals surface area contributed by atoms with Gasteiger partial charge in [-0.1, -0.05) is 25.5 Å². The zero-order chi connectivity index (χ0) is 18.7. The van der Waals surface area contributed by atoms with E-state index in [1.807, 2.05) is 6.08 Å². The molecule has 0 aromatic rings. The number of esters is 1. The molecule has 0 aromatic heterocycles. The van der Waals surface area contributed by atoms with Crippen molar-refractivity contribution in [3.05, 3.63) is 23.8 Å². The molecule has 0 aromatic carbocycles. The van der Waals surface area contributed by atoms with Gasteiger partial charge in [0, 0.05) is 18.3 Å². The number of carbonyl (C=O) groups is 2. The van der Waals surface area contributed by atoms with Gasteiger partial charge in [-0.2, -0.15) is 0 Å². The van der Waals surface area contributed by atoms with Crippen LogP contribution in [0.4, 0.5) is 0 Å². The summed E-state index contributed by atoms with van der Waals surface area (Å²) in [5.41, 5.74) is 1.71. The Morgan fingerprint density at radius 2 is 1.96 bits per heavy atom. The summed E-state index contributed by atoms with van der Waals surface area (Å²) in [5, 5.41) is 0. The van der Waals surface area contributed by atoms with Gasteiger partial charge in [0.25, 0.3) is 0 Å². The minimum atomic E-state index is -0.157. The van der Waals surface area contributed by atoms with Crippen molar-refractivity contribution in [2.24, 2.45) is 34.5 Å². The lowest BCUT2D eigenvalue weighted by atomic mass is 9.47. The summed E-state index contributed by atoms with van der Waals surface area (Å²) in [6.45, 7) is 8.42. The quantitative estimate of drug-likeness (QED) is 0.664. The Bertz CT molecular complexity index is 690. The summed E-state index contributed by atoms with van der Waals surface area (Å²) in [6.07, 6.45) is 13.0. The van der Waals surface area contributed by atoms with Crippen molar-refractivity contribution in [3.8, 4) is 0 Å². The highest BCUT2D eigenvalue weighted by Crippen LogP contribution is 2.66. The van der Waals surface area contributed by atoms with Gasteiger partial charge in [0.15, 0.2) is 5.78 Å². The molecule has 3 saturated carbocycles. The molecule has 0 aliphatic heterocycles. The van der Waals surface area contributed by atoms with E-state index >= 15 is 0 Å². The second-order valence-electron chi connectivity index (χ2n) is 9.65. The summed E-state index contributed by atoms with van der Waals surface area (Å²) in [4.78, 5) is 23.3. The van der Waals surface area contributed by atoms with Crippen molar-refractivity contribution in [2.45, 2.75) is 72.3 Å². The molecule has 142 valence electrons. The molecule has 4 rings (SSSR count). The summed E-state index contributed by atoms with van der Waals surface area (Å²) >= 11 is 0. The lowest BCUT2D eigenvalue weighted by Crippen LogP contribution is -2.50. The van der Waals surface area contributed by atoms with Crippen LogP contribution in [0.15, 0.2) is 23.8 Å². The topological polar surface area (TPSA) is 43.4 Å². The first-order valence-corrected chi connectivity index (χ1v) is 10.4. The Morgan fingerprint density at radius 1 is 1.19 bits per heavy atom. The normalized spacial score (nSPS) is 45.2. The molecule has 3 nitrogen and oxygen atoms in total. The van der Waals surface area contributed by atoms with Gasteiger partial charge in [0.1, 0.15) is 6.10 Å². The molecule has 4 aliphatic rings. The first-order chi connectivity index (χ1) is 12.3. The Morgan fingerprint density at radius 3 is 2.69 bits per heavy atom. The van der Waals surface area contributed by atoms with Gasteiger partial charge in [-0.3, -0.25) is 9.59 Å². The van der Waals surface area contributed by atoms with Crippen LogP contribution in [0.25, 0.3) is 0 Å². The van der Waals surface area contributed by atoms with Crippen LogP contribution in [-0.4, -0.2) is 17.9 Å². The molecule has 3 fully saturated rings. The van der Waals surface area contributed by atoms with E-state index in [0.29, 0.717) is 17.8 Å². The maximum absolute atomic E-state index is 11.9. The summed E-state index contributed by atoms with van der Waals surface area (Å²) in [5.74, 6) is 2.57. The Hall–Kier alpha value is -1.38. The van der Waals surface area contributed by atoms with Crippen molar-refractivity contribution in [2.75, 3.05) is 0 Å². The molecule has 0 amide bonds. The number of allylic oxidation sites excluding steroid dienone is 4. The molecule has 3 heteroatoms. The van der Waals surface area contributed by atoms with Crippen molar-refractivity contribution in [1.29, 1.82) is 0 Å². The number of ether oxygens (including phenoxy) is 1. The molecule has 0 radical (unpaired) electrons. The van der Waals surface area contributed by atoms with Crippen LogP contribution in [0.2, 0.25) is 0 Å².